The third-order valence-electron chi connectivity index (χ3n) is 3.52. The Labute approximate surface area is 182 Å². The standard InChI is InChI=1S/C14H8Cl2F16O/c15-13(29,30)11(25,26)9(21,22)7(17,18)3-1-5-33-6-2-4-8(19,20)10(23,24)12(27,28)14(16,31)32/h1-2,5-6H,3-4H2. The van der Waals surface area contributed by atoms with Crippen LogP contribution in [0.2, 0.25) is 0 Å². The number of alkyl halides is 18. The van der Waals surface area contributed by atoms with E-state index < -0.39 is 59.1 Å². The van der Waals surface area contributed by atoms with Gasteiger partial charge in [-0.05, 0) is 35.4 Å². The van der Waals surface area contributed by atoms with E-state index in [-0.39, 0.29) is 24.7 Å². The first-order valence-corrected chi connectivity index (χ1v) is 8.32. The molecule has 0 radical (unpaired) electrons. The number of allylic oxidation sites excluding steroid dienone is 2. The smallest absolute Gasteiger partial charge is 0.392 e. The van der Waals surface area contributed by atoms with Crippen LogP contribution in [0.3, 0.4) is 0 Å². The van der Waals surface area contributed by atoms with Crippen molar-refractivity contribution in [2.45, 2.75) is 59.1 Å². The van der Waals surface area contributed by atoms with Crippen LogP contribution < -0.4 is 0 Å². The summed E-state index contributed by atoms with van der Waals surface area (Å²) in [5.41, 5.74) is 0. The molecular formula is C14H8Cl2F16O. The summed E-state index contributed by atoms with van der Waals surface area (Å²) in [5, 5.41) is -12.2. The van der Waals surface area contributed by atoms with Gasteiger partial charge in [0.05, 0.1) is 12.5 Å². The van der Waals surface area contributed by atoms with Crippen LogP contribution in [0.5, 0.6) is 0 Å². The highest BCUT2D eigenvalue weighted by molar-refractivity contribution is 6.22. The summed E-state index contributed by atoms with van der Waals surface area (Å²) >= 11 is 7.39. The number of hydrogen-bond acceptors (Lipinski definition) is 1. The average Bonchev–Trinajstić information content (AvgIpc) is 2.58. The SMILES string of the molecule is FC(F)(Cl)C(F)(F)C(F)(F)C(F)(F)CC=COC=CCC(F)(F)C(F)(F)C(F)(F)C(F)(F)Cl. The molecule has 0 rings (SSSR count). The molecular weight excluding hydrogens is 559 g/mol. The Morgan fingerprint density at radius 1 is 0.455 bits per heavy atom. The maximum atomic E-state index is 13.2. The molecule has 0 aromatic rings. The number of halogens is 18. The van der Waals surface area contributed by atoms with Crippen molar-refractivity contribution in [1.82, 2.24) is 0 Å². The zero-order valence-corrected chi connectivity index (χ0v) is 16.4. The highest BCUT2D eigenvalue weighted by atomic mass is 35.5. The second-order valence-electron chi connectivity index (χ2n) is 5.99. The molecule has 0 aliphatic rings. The van der Waals surface area contributed by atoms with Gasteiger partial charge in [0, 0.05) is 12.8 Å². The molecule has 0 aromatic heterocycles. The van der Waals surface area contributed by atoms with Crippen LogP contribution in [-0.4, -0.2) is 46.3 Å². The van der Waals surface area contributed by atoms with Crippen molar-refractivity contribution in [2.24, 2.45) is 0 Å². The van der Waals surface area contributed by atoms with E-state index in [0.717, 1.165) is 0 Å². The monoisotopic (exact) mass is 566 g/mol. The highest BCUT2D eigenvalue weighted by Gasteiger charge is 2.80. The third-order valence-corrected chi connectivity index (χ3v) is 3.99. The Balaban J connectivity index is 5.17. The maximum absolute atomic E-state index is 13.2. The summed E-state index contributed by atoms with van der Waals surface area (Å²) in [4.78, 5) is 0. The Kier molecular flexibility index (Phi) is 9.05. The van der Waals surface area contributed by atoms with E-state index in [1.807, 2.05) is 0 Å². The Morgan fingerprint density at radius 3 is 0.909 bits per heavy atom. The molecule has 196 valence electrons. The summed E-state index contributed by atoms with van der Waals surface area (Å²) in [6.45, 7) is 0. The van der Waals surface area contributed by atoms with Gasteiger partial charge in [-0.3, -0.25) is 0 Å². The maximum Gasteiger partial charge on any atom is 0.392 e. The van der Waals surface area contributed by atoms with Gasteiger partial charge < -0.3 is 4.74 Å². The van der Waals surface area contributed by atoms with Gasteiger partial charge >= 0.3 is 46.3 Å². The fourth-order valence-corrected chi connectivity index (χ4v) is 1.86. The average molecular weight is 567 g/mol. The van der Waals surface area contributed by atoms with Gasteiger partial charge in [0.25, 0.3) is 0 Å². The van der Waals surface area contributed by atoms with E-state index in [0.29, 0.717) is 0 Å². The lowest BCUT2D eigenvalue weighted by Gasteiger charge is -2.34. The lowest BCUT2D eigenvalue weighted by molar-refractivity contribution is -0.347. The Morgan fingerprint density at radius 2 is 0.697 bits per heavy atom. The molecule has 0 unspecified atom stereocenters. The molecule has 0 spiro atoms. The molecule has 0 N–H and O–H groups in total. The van der Waals surface area contributed by atoms with Crippen molar-refractivity contribution in [3.8, 4) is 0 Å². The minimum absolute atomic E-state index is 0.130. The normalized spacial score (nSPS) is 16.2. The van der Waals surface area contributed by atoms with Crippen LogP contribution in [0.1, 0.15) is 12.8 Å². The Hall–Kier alpha value is -1.26. The fraction of sp³-hybridized carbons (Fsp3) is 0.714. The topological polar surface area (TPSA) is 9.23 Å². The second-order valence-corrected chi connectivity index (χ2v) is 6.94. The van der Waals surface area contributed by atoms with Crippen molar-refractivity contribution >= 4 is 23.2 Å². The van der Waals surface area contributed by atoms with E-state index in [9.17, 15) is 70.2 Å². The second kappa shape index (κ2) is 9.41. The molecule has 1 nitrogen and oxygen atoms in total. The molecule has 33 heavy (non-hydrogen) atoms. The molecule has 0 atom stereocenters. The van der Waals surface area contributed by atoms with Crippen LogP contribution in [0.25, 0.3) is 0 Å². The molecule has 0 fully saturated rings. The number of hydrogen-bond donors (Lipinski definition) is 0. The van der Waals surface area contributed by atoms with E-state index in [2.05, 4.69) is 27.9 Å². The molecule has 0 aromatic carbocycles. The van der Waals surface area contributed by atoms with Crippen molar-refractivity contribution in [2.75, 3.05) is 0 Å². The molecule has 0 aliphatic heterocycles. The van der Waals surface area contributed by atoms with Crippen molar-refractivity contribution in [3.05, 3.63) is 24.7 Å². The van der Waals surface area contributed by atoms with Gasteiger partial charge in [-0.2, -0.15) is 70.2 Å². The number of rotatable bonds is 12. The van der Waals surface area contributed by atoms with E-state index >= 15 is 0 Å². The minimum atomic E-state index is -6.74. The largest absolute Gasteiger partial charge is 0.473 e. The van der Waals surface area contributed by atoms with Gasteiger partial charge in [-0.25, -0.2) is 0 Å². The van der Waals surface area contributed by atoms with E-state index in [1.165, 1.54) is 0 Å². The molecule has 0 bridgehead atoms. The molecule has 0 saturated carbocycles. The quantitative estimate of drug-likeness (QED) is 0.131. The molecule has 0 heterocycles. The first kappa shape index (κ1) is 31.7. The summed E-state index contributed by atoms with van der Waals surface area (Å²) < 4.78 is 210. The molecule has 0 aliphatic carbocycles. The van der Waals surface area contributed by atoms with Crippen LogP contribution in [0.15, 0.2) is 24.7 Å². The summed E-state index contributed by atoms with van der Waals surface area (Å²) in [6, 6.07) is 0. The zero-order chi connectivity index (χ0) is 26.9. The minimum Gasteiger partial charge on any atom is -0.473 e. The van der Waals surface area contributed by atoms with Crippen molar-refractivity contribution in [3.63, 3.8) is 0 Å². The summed E-state index contributed by atoms with van der Waals surface area (Å²) in [7, 11) is 0. The van der Waals surface area contributed by atoms with Crippen LogP contribution in [0.4, 0.5) is 70.2 Å². The molecule has 0 saturated heterocycles. The van der Waals surface area contributed by atoms with Gasteiger partial charge in [-0.15, -0.1) is 0 Å². The Bertz CT molecular complexity index is 660. The highest BCUT2D eigenvalue weighted by Crippen LogP contribution is 2.56. The summed E-state index contributed by atoms with van der Waals surface area (Å²) in [5.74, 6) is -38.7. The first-order valence-electron chi connectivity index (χ1n) is 7.56. The first-order chi connectivity index (χ1) is 14.2. The zero-order valence-electron chi connectivity index (χ0n) is 14.9. The van der Waals surface area contributed by atoms with E-state index in [1.54, 1.807) is 0 Å². The van der Waals surface area contributed by atoms with Crippen LogP contribution in [0, 0.1) is 0 Å². The van der Waals surface area contributed by atoms with Gasteiger partial charge in [0.1, 0.15) is 0 Å². The van der Waals surface area contributed by atoms with E-state index in [4.69, 9.17) is 0 Å². The van der Waals surface area contributed by atoms with Crippen molar-refractivity contribution < 1.29 is 75.0 Å². The third kappa shape index (κ3) is 6.06. The van der Waals surface area contributed by atoms with Crippen molar-refractivity contribution in [1.29, 1.82) is 0 Å². The van der Waals surface area contributed by atoms with Gasteiger partial charge in [-0.1, -0.05) is 0 Å². The predicted octanol–water partition coefficient (Wildman–Crippen LogP) is 8.29. The lowest BCUT2D eigenvalue weighted by atomic mass is 10.0. The number of ether oxygens (including phenoxy) is 1. The lowest BCUT2D eigenvalue weighted by Crippen LogP contribution is -2.60. The fourth-order valence-electron chi connectivity index (χ4n) is 1.62. The van der Waals surface area contributed by atoms with Gasteiger partial charge in [0.2, 0.25) is 0 Å². The molecule has 19 heteroatoms. The summed E-state index contributed by atoms with van der Waals surface area (Å²) in [6.07, 6.45) is -5.57. The van der Waals surface area contributed by atoms with Gasteiger partial charge in [0.15, 0.2) is 0 Å². The van der Waals surface area contributed by atoms with Crippen LogP contribution >= 0.6 is 23.2 Å². The molecule has 0 amide bonds. The van der Waals surface area contributed by atoms with Crippen LogP contribution in [-0.2, 0) is 4.74 Å². The predicted molar refractivity (Wildman–Crippen MR) is 79.9 cm³/mol.